The van der Waals surface area contributed by atoms with Crippen LogP contribution in [-0.4, -0.2) is 15.7 Å². The zero-order chi connectivity index (χ0) is 12.0. The number of hydrogen-bond acceptors (Lipinski definition) is 4. The van der Waals surface area contributed by atoms with E-state index in [1.165, 1.54) is 16.8 Å². The number of aromatic nitrogens is 2. The van der Waals surface area contributed by atoms with Crippen LogP contribution in [0, 0.1) is 11.3 Å². The molecule has 0 aliphatic heterocycles. The van der Waals surface area contributed by atoms with Crippen molar-refractivity contribution >= 4 is 0 Å². The molecular formula is C10H14N4O2. The molecule has 0 atom stereocenters. The van der Waals surface area contributed by atoms with E-state index in [-0.39, 0.29) is 24.3 Å². The van der Waals surface area contributed by atoms with Crippen LogP contribution in [0.5, 0.6) is 0 Å². The van der Waals surface area contributed by atoms with E-state index in [2.05, 4.69) is 0 Å². The molecule has 0 aliphatic rings. The zero-order valence-corrected chi connectivity index (χ0v) is 8.93. The molecular weight excluding hydrogens is 208 g/mol. The van der Waals surface area contributed by atoms with Crippen molar-refractivity contribution in [1.82, 2.24) is 9.13 Å². The molecule has 1 heterocycles. The highest BCUT2D eigenvalue weighted by Crippen LogP contribution is 1.90. The molecule has 0 unspecified atom stereocenters. The van der Waals surface area contributed by atoms with Gasteiger partial charge < -0.3 is 10.3 Å². The number of rotatable bonds is 5. The predicted molar refractivity (Wildman–Crippen MR) is 58.9 cm³/mol. The molecule has 0 spiro atoms. The molecule has 1 rings (SSSR count). The molecule has 0 fully saturated rings. The minimum absolute atomic E-state index is 0.219. The molecule has 0 saturated heterocycles. The second kappa shape index (κ2) is 5.88. The summed E-state index contributed by atoms with van der Waals surface area (Å²) in [5.41, 5.74) is 4.61. The summed E-state index contributed by atoms with van der Waals surface area (Å²) < 4.78 is 2.53. The fourth-order valence-electron chi connectivity index (χ4n) is 1.39. The van der Waals surface area contributed by atoms with Gasteiger partial charge in [-0.25, -0.2) is 4.79 Å². The third-order valence-corrected chi connectivity index (χ3v) is 2.18. The van der Waals surface area contributed by atoms with Crippen molar-refractivity contribution in [3.05, 3.63) is 33.1 Å². The van der Waals surface area contributed by atoms with Crippen LogP contribution in [0.4, 0.5) is 0 Å². The summed E-state index contributed by atoms with van der Waals surface area (Å²) in [6, 6.07) is 3.34. The highest BCUT2D eigenvalue weighted by atomic mass is 16.2. The number of nitrogens with zero attached hydrogens (tertiary/aromatic N) is 3. The van der Waals surface area contributed by atoms with E-state index in [0.717, 1.165) is 4.57 Å². The maximum Gasteiger partial charge on any atom is 0.331 e. The number of unbranched alkanes of at least 4 members (excludes halogenated alkanes) is 1. The van der Waals surface area contributed by atoms with Gasteiger partial charge in [-0.15, -0.1) is 0 Å². The summed E-state index contributed by atoms with van der Waals surface area (Å²) in [4.78, 5) is 23.1. The van der Waals surface area contributed by atoms with Crippen molar-refractivity contribution in [2.24, 2.45) is 5.73 Å². The van der Waals surface area contributed by atoms with E-state index in [1.54, 1.807) is 0 Å². The Kier molecular flexibility index (Phi) is 4.48. The maximum absolute atomic E-state index is 11.8. The van der Waals surface area contributed by atoms with Crippen LogP contribution in [-0.2, 0) is 13.1 Å². The second-order valence-electron chi connectivity index (χ2n) is 3.33. The highest BCUT2D eigenvalue weighted by molar-refractivity contribution is 4.86. The van der Waals surface area contributed by atoms with Gasteiger partial charge >= 0.3 is 5.69 Å². The molecule has 0 aromatic carbocycles. The van der Waals surface area contributed by atoms with Gasteiger partial charge in [0.15, 0.2) is 0 Å². The number of aryl methyl sites for hydroxylation is 1. The predicted octanol–water partition coefficient (Wildman–Crippen LogP) is -0.728. The van der Waals surface area contributed by atoms with Crippen molar-refractivity contribution < 1.29 is 0 Å². The summed E-state index contributed by atoms with van der Waals surface area (Å²) in [5, 5.41) is 8.39. The fraction of sp³-hybridized carbons (Fsp3) is 0.500. The summed E-state index contributed by atoms with van der Waals surface area (Å²) >= 11 is 0. The zero-order valence-electron chi connectivity index (χ0n) is 8.93. The van der Waals surface area contributed by atoms with Crippen LogP contribution < -0.4 is 17.0 Å². The first-order chi connectivity index (χ1) is 7.70. The lowest BCUT2D eigenvalue weighted by Gasteiger charge is -2.07. The normalized spacial score (nSPS) is 10.0. The van der Waals surface area contributed by atoms with Crippen molar-refractivity contribution in [3.63, 3.8) is 0 Å². The van der Waals surface area contributed by atoms with Gasteiger partial charge in [-0.2, -0.15) is 5.26 Å². The van der Waals surface area contributed by atoms with E-state index in [9.17, 15) is 9.59 Å². The average molecular weight is 222 g/mol. The lowest BCUT2D eigenvalue weighted by atomic mass is 10.3. The molecule has 1 aromatic heterocycles. The monoisotopic (exact) mass is 222 g/mol. The largest absolute Gasteiger partial charge is 0.331 e. The van der Waals surface area contributed by atoms with Gasteiger partial charge in [-0.1, -0.05) is 0 Å². The molecule has 0 amide bonds. The number of nitriles is 1. The fourth-order valence-corrected chi connectivity index (χ4v) is 1.39. The first kappa shape index (κ1) is 12.2. The molecule has 0 radical (unpaired) electrons. The Hall–Kier alpha value is -1.87. The summed E-state index contributed by atoms with van der Waals surface area (Å²) in [7, 11) is 0. The Bertz CT molecular complexity index is 495. The van der Waals surface area contributed by atoms with Gasteiger partial charge in [-0.05, 0) is 6.42 Å². The van der Waals surface area contributed by atoms with Gasteiger partial charge in [0, 0.05) is 38.3 Å². The highest BCUT2D eigenvalue weighted by Gasteiger charge is 2.03. The second-order valence-corrected chi connectivity index (χ2v) is 3.33. The van der Waals surface area contributed by atoms with E-state index in [0.29, 0.717) is 19.4 Å². The SMILES string of the molecule is N#CCCCn1ccc(=O)n(CCN)c1=O. The van der Waals surface area contributed by atoms with Crippen molar-refractivity contribution in [2.45, 2.75) is 25.9 Å². The minimum Gasteiger partial charge on any atom is -0.329 e. The Morgan fingerprint density at radius 3 is 2.75 bits per heavy atom. The maximum atomic E-state index is 11.8. The van der Waals surface area contributed by atoms with Crippen molar-refractivity contribution in [1.29, 1.82) is 5.26 Å². The molecule has 0 bridgehead atoms. The van der Waals surface area contributed by atoms with Crippen LogP contribution in [0.15, 0.2) is 21.9 Å². The van der Waals surface area contributed by atoms with Crippen LogP contribution in [0.25, 0.3) is 0 Å². The minimum atomic E-state index is -0.365. The molecule has 0 aliphatic carbocycles. The van der Waals surface area contributed by atoms with Crippen LogP contribution in [0.1, 0.15) is 12.8 Å². The third-order valence-electron chi connectivity index (χ3n) is 2.18. The Morgan fingerprint density at radius 1 is 1.38 bits per heavy atom. The smallest absolute Gasteiger partial charge is 0.329 e. The van der Waals surface area contributed by atoms with Crippen LogP contribution >= 0.6 is 0 Å². The molecule has 6 heteroatoms. The summed E-state index contributed by atoms with van der Waals surface area (Å²) in [6.07, 6.45) is 2.44. The lowest BCUT2D eigenvalue weighted by Crippen LogP contribution is -2.40. The summed E-state index contributed by atoms with van der Waals surface area (Å²) in [5.74, 6) is 0. The Morgan fingerprint density at radius 2 is 2.12 bits per heavy atom. The average Bonchev–Trinajstić information content (AvgIpc) is 2.28. The first-order valence-electron chi connectivity index (χ1n) is 5.08. The van der Waals surface area contributed by atoms with Crippen molar-refractivity contribution in [3.8, 4) is 6.07 Å². The lowest BCUT2D eigenvalue weighted by molar-refractivity contribution is 0.543. The Balaban J connectivity index is 2.96. The molecule has 6 nitrogen and oxygen atoms in total. The number of nitrogens with two attached hydrogens (primary N) is 1. The quantitative estimate of drug-likeness (QED) is 0.665. The van der Waals surface area contributed by atoms with Crippen LogP contribution in [0.3, 0.4) is 0 Å². The topological polar surface area (TPSA) is 93.8 Å². The molecule has 16 heavy (non-hydrogen) atoms. The van der Waals surface area contributed by atoms with E-state index < -0.39 is 0 Å². The molecule has 2 N–H and O–H groups in total. The first-order valence-corrected chi connectivity index (χ1v) is 5.08. The molecule has 86 valence electrons. The Labute approximate surface area is 92.5 Å². The number of hydrogen-bond donors (Lipinski definition) is 1. The van der Waals surface area contributed by atoms with Gasteiger partial charge in [-0.3, -0.25) is 9.36 Å². The van der Waals surface area contributed by atoms with E-state index in [1.807, 2.05) is 6.07 Å². The van der Waals surface area contributed by atoms with E-state index in [4.69, 9.17) is 11.0 Å². The van der Waals surface area contributed by atoms with E-state index >= 15 is 0 Å². The van der Waals surface area contributed by atoms with Gasteiger partial charge in [0.2, 0.25) is 0 Å². The van der Waals surface area contributed by atoms with Crippen molar-refractivity contribution in [2.75, 3.05) is 6.54 Å². The molecule has 0 saturated carbocycles. The standard InChI is InChI=1S/C10H14N4O2/c11-4-1-2-6-13-7-3-9(15)14(8-5-12)10(13)16/h3,7H,1-2,5-6,8,12H2. The molecule has 1 aromatic rings. The summed E-state index contributed by atoms with van der Waals surface area (Å²) in [6.45, 7) is 0.908. The van der Waals surface area contributed by atoms with Gasteiger partial charge in [0.25, 0.3) is 5.56 Å². The van der Waals surface area contributed by atoms with Gasteiger partial charge in [0.1, 0.15) is 0 Å². The van der Waals surface area contributed by atoms with Crippen LogP contribution in [0.2, 0.25) is 0 Å². The van der Waals surface area contributed by atoms with Gasteiger partial charge in [0.05, 0.1) is 6.07 Å². The third kappa shape index (κ3) is 2.81.